The molecule has 8 heteroatoms. The van der Waals surface area contributed by atoms with Crippen LogP contribution in [0.1, 0.15) is 26.3 Å². The van der Waals surface area contributed by atoms with Gasteiger partial charge in [-0.2, -0.15) is 5.43 Å². The first-order valence-electron chi connectivity index (χ1n) is 8.95. The predicted molar refractivity (Wildman–Crippen MR) is 97.9 cm³/mol. The molecule has 1 aromatic rings. The highest BCUT2D eigenvalue weighted by atomic mass is 16.6. The summed E-state index contributed by atoms with van der Waals surface area (Å²) in [4.78, 5) is 25.1. The summed E-state index contributed by atoms with van der Waals surface area (Å²) in [5.74, 6) is -0.437. The molecule has 8 nitrogen and oxygen atoms in total. The zero-order chi connectivity index (χ0) is 19.9. The summed E-state index contributed by atoms with van der Waals surface area (Å²) in [6.45, 7) is 6.74. The Balaban J connectivity index is 2.13. The van der Waals surface area contributed by atoms with Crippen molar-refractivity contribution in [2.75, 3.05) is 26.3 Å². The second-order valence-corrected chi connectivity index (χ2v) is 7.49. The number of benzene rings is 1. The van der Waals surface area contributed by atoms with Gasteiger partial charge < -0.3 is 14.8 Å². The Morgan fingerprint density at radius 2 is 1.89 bits per heavy atom. The lowest BCUT2D eigenvalue weighted by Gasteiger charge is -2.33. The number of ether oxygens (including phenoxy) is 2. The summed E-state index contributed by atoms with van der Waals surface area (Å²) >= 11 is 0. The van der Waals surface area contributed by atoms with Crippen LogP contribution in [-0.4, -0.2) is 54.5 Å². The highest BCUT2D eigenvalue weighted by Crippen LogP contribution is 2.11. The van der Waals surface area contributed by atoms with E-state index in [1.165, 1.54) is 0 Å². The number of rotatable bonds is 5. The second-order valence-electron chi connectivity index (χ2n) is 7.49. The number of nitrogens with zero attached hydrogens (tertiary/aromatic N) is 2. The lowest BCUT2D eigenvalue weighted by atomic mass is 10.1. The Bertz CT molecular complexity index is 688. The fraction of sp³-hybridized carbons (Fsp3) is 0.526. The van der Waals surface area contributed by atoms with E-state index >= 15 is 0 Å². The van der Waals surface area contributed by atoms with Crippen molar-refractivity contribution < 1.29 is 23.7 Å². The van der Waals surface area contributed by atoms with Crippen molar-refractivity contribution in [2.24, 2.45) is 0 Å². The number of alkyl carbamates (subject to hydrolysis) is 1. The molecule has 27 heavy (non-hydrogen) atoms. The van der Waals surface area contributed by atoms with Crippen molar-refractivity contribution in [1.82, 2.24) is 10.7 Å². The molecule has 0 unspecified atom stereocenters. The van der Waals surface area contributed by atoms with Crippen LogP contribution in [0.15, 0.2) is 30.3 Å². The van der Waals surface area contributed by atoms with Crippen LogP contribution in [0, 0.1) is 11.5 Å². The first kappa shape index (κ1) is 20.7. The smallest absolute Gasteiger partial charge is 0.408 e. The van der Waals surface area contributed by atoms with Gasteiger partial charge in [0.1, 0.15) is 24.7 Å². The van der Waals surface area contributed by atoms with Crippen molar-refractivity contribution in [2.45, 2.75) is 38.8 Å². The van der Waals surface area contributed by atoms with E-state index in [0.29, 0.717) is 26.3 Å². The number of amides is 2. The molecule has 2 amide bonds. The zero-order valence-corrected chi connectivity index (χ0v) is 16.0. The molecule has 2 rings (SSSR count). The molecule has 1 aromatic carbocycles. The highest BCUT2D eigenvalue weighted by molar-refractivity contribution is 5.85. The van der Waals surface area contributed by atoms with E-state index in [9.17, 15) is 14.9 Å². The van der Waals surface area contributed by atoms with Crippen LogP contribution in [0.3, 0.4) is 0 Å². The number of carbonyl (C=O) groups excluding carboxylic acids is 2. The van der Waals surface area contributed by atoms with Gasteiger partial charge in [-0.15, -0.1) is 9.85 Å². The molecule has 0 bridgehead atoms. The third-order valence-corrected chi connectivity index (χ3v) is 4.04. The molecule has 0 spiro atoms. The van der Waals surface area contributed by atoms with Crippen LogP contribution in [0.4, 0.5) is 4.79 Å². The zero-order valence-electron chi connectivity index (χ0n) is 16.0. The van der Waals surface area contributed by atoms with Gasteiger partial charge in [-0.05, 0) is 26.3 Å². The Labute approximate surface area is 159 Å². The van der Waals surface area contributed by atoms with Gasteiger partial charge in [0.2, 0.25) is 0 Å². The summed E-state index contributed by atoms with van der Waals surface area (Å²) in [7, 11) is 0. The van der Waals surface area contributed by atoms with Gasteiger partial charge in [-0.3, -0.25) is 4.79 Å². The number of nitrogens with one attached hydrogen (secondary N) is 2. The van der Waals surface area contributed by atoms with E-state index in [1.54, 1.807) is 20.8 Å². The van der Waals surface area contributed by atoms with Crippen molar-refractivity contribution in [3.05, 3.63) is 35.9 Å². The quantitative estimate of drug-likeness (QED) is 0.600. The molecule has 1 aliphatic heterocycles. The van der Waals surface area contributed by atoms with Gasteiger partial charge in [0.15, 0.2) is 0 Å². The standard InChI is InChI=1S/C19H26N4O4/c1-19(2,3)27-18(25)21-16(13-15-7-5-4-6-8-15)17(24)22-23(14-20)9-11-26-12-10-23/h4-8,16H,9-13H2,1-3H3,(H-,21,22,24,25)/p+1/t16-/m0/s1. The summed E-state index contributed by atoms with van der Waals surface area (Å²) in [6, 6.07) is 8.49. The van der Waals surface area contributed by atoms with Crippen molar-refractivity contribution in [3.8, 4) is 6.19 Å². The van der Waals surface area contributed by atoms with Gasteiger partial charge in [0.25, 0.3) is 5.91 Å². The minimum absolute atomic E-state index is 0.236. The highest BCUT2D eigenvalue weighted by Gasteiger charge is 2.37. The molecule has 1 aliphatic rings. The Hall–Kier alpha value is -2.63. The molecule has 1 atom stereocenters. The fourth-order valence-corrected chi connectivity index (χ4v) is 2.69. The number of hydrogen-bond donors (Lipinski definition) is 2. The van der Waals surface area contributed by atoms with E-state index in [2.05, 4.69) is 16.9 Å². The molecule has 1 fully saturated rings. The van der Waals surface area contributed by atoms with Crippen LogP contribution in [-0.2, 0) is 20.7 Å². The van der Waals surface area contributed by atoms with Crippen LogP contribution in [0.5, 0.6) is 0 Å². The lowest BCUT2D eigenvalue weighted by Crippen LogP contribution is -2.65. The SMILES string of the molecule is CC(C)(C)OC(=O)N[C@@H](Cc1ccccc1)C(=O)N[N+]1(C#N)CCOCC1. The maximum atomic E-state index is 12.9. The molecule has 0 aliphatic carbocycles. The number of morpholine rings is 1. The van der Waals surface area contributed by atoms with Crippen LogP contribution in [0.2, 0.25) is 0 Å². The normalized spacial score (nSPS) is 17.3. The number of nitriles is 1. The number of hydrogen-bond acceptors (Lipinski definition) is 5. The molecule has 0 saturated carbocycles. The van der Waals surface area contributed by atoms with Gasteiger partial charge >= 0.3 is 12.3 Å². The average Bonchev–Trinajstić information content (AvgIpc) is 2.61. The Morgan fingerprint density at radius 3 is 2.44 bits per heavy atom. The van der Waals surface area contributed by atoms with Crippen molar-refractivity contribution >= 4 is 12.0 Å². The molecule has 0 aromatic heterocycles. The van der Waals surface area contributed by atoms with E-state index in [0.717, 1.165) is 5.56 Å². The summed E-state index contributed by atoms with van der Waals surface area (Å²) in [5, 5.41) is 12.2. The molecule has 2 N–H and O–H groups in total. The molecule has 146 valence electrons. The minimum Gasteiger partial charge on any atom is -0.444 e. The van der Waals surface area contributed by atoms with Gasteiger partial charge in [0.05, 0.1) is 13.2 Å². The molecule has 1 saturated heterocycles. The predicted octanol–water partition coefficient (Wildman–Crippen LogP) is 1.48. The maximum absolute atomic E-state index is 12.9. The van der Waals surface area contributed by atoms with Crippen molar-refractivity contribution in [1.29, 1.82) is 5.26 Å². The first-order valence-corrected chi connectivity index (χ1v) is 8.95. The van der Waals surface area contributed by atoms with E-state index in [4.69, 9.17) is 9.47 Å². The Kier molecular flexibility index (Phi) is 6.77. The monoisotopic (exact) mass is 375 g/mol. The van der Waals surface area contributed by atoms with Gasteiger partial charge in [-0.1, -0.05) is 30.3 Å². The average molecular weight is 375 g/mol. The lowest BCUT2D eigenvalue weighted by molar-refractivity contribution is -0.908. The molecular weight excluding hydrogens is 348 g/mol. The molecule has 1 heterocycles. The van der Waals surface area contributed by atoms with E-state index in [1.807, 2.05) is 30.3 Å². The maximum Gasteiger partial charge on any atom is 0.408 e. The topological polar surface area (TPSA) is 100 Å². The van der Waals surface area contributed by atoms with Gasteiger partial charge in [0, 0.05) is 6.42 Å². The third-order valence-electron chi connectivity index (χ3n) is 4.04. The largest absolute Gasteiger partial charge is 0.444 e. The first-order chi connectivity index (χ1) is 12.7. The summed E-state index contributed by atoms with van der Waals surface area (Å²) in [6.07, 6.45) is 1.75. The Morgan fingerprint density at radius 1 is 1.26 bits per heavy atom. The summed E-state index contributed by atoms with van der Waals surface area (Å²) in [5.41, 5.74) is 2.97. The van der Waals surface area contributed by atoms with Gasteiger partial charge in [-0.25, -0.2) is 4.79 Å². The van der Waals surface area contributed by atoms with E-state index in [-0.39, 0.29) is 11.0 Å². The van der Waals surface area contributed by atoms with E-state index < -0.39 is 23.6 Å². The van der Waals surface area contributed by atoms with Crippen molar-refractivity contribution in [3.63, 3.8) is 0 Å². The fourth-order valence-electron chi connectivity index (χ4n) is 2.69. The number of quaternary nitrogens is 1. The van der Waals surface area contributed by atoms with Crippen LogP contribution in [0.25, 0.3) is 0 Å². The second kappa shape index (κ2) is 8.84. The van der Waals surface area contributed by atoms with Crippen LogP contribution >= 0.6 is 0 Å². The van der Waals surface area contributed by atoms with Crippen LogP contribution < -0.4 is 10.7 Å². The molecule has 0 radical (unpaired) electrons. The third kappa shape index (κ3) is 6.55. The number of carbonyl (C=O) groups is 2. The minimum atomic E-state index is -0.867. The molecular formula is C19H27N4O4+. The summed E-state index contributed by atoms with van der Waals surface area (Å²) < 4.78 is 10.3.